The van der Waals surface area contributed by atoms with E-state index in [1.165, 1.54) is 22.3 Å². The fourth-order valence-corrected chi connectivity index (χ4v) is 3.67. The van der Waals surface area contributed by atoms with Crippen molar-refractivity contribution in [1.29, 1.82) is 0 Å². The van der Waals surface area contributed by atoms with Crippen LogP contribution in [0.4, 0.5) is 13.2 Å². The van der Waals surface area contributed by atoms with E-state index in [0.717, 1.165) is 17.8 Å². The number of thiazole rings is 1. The maximum absolute atomic E-state index is 13.0. The zero-order valence-electron chi connectivity index (χ0n) is 14.6. The molecule has 0 fully saturated rings. The molecule has 0 saturated heterocycles. The number of nitrogens with one attached hydrogen (secondary N) is 1. The summed E-state index contributed by atoms with van der Waals surface area (Å²) in [4.78, 5) is 19.2. The molecule has 0 unspecified atom stereocenters. The number of hydrogen-bond donors (Lipinski definition) is 1. The second kappa shape index (κ2) is 6.79. The Morgan fingerprint density at radius 3 is 2.86 bits per heavy atom. The molecule has 6 nitrogen and oxygen atoms in total. The Balaban J connectivity index is 1.65. The van der Waals surface area contributed by atoms with Crippen LogP contribution in [0.25, 0.3) is 16.2 Å². The predicted octanol–water partition coefficient (Wildman–Crippen LogP) is 4.08. The van der Waals surface area contributed by atoms with Crippen LogP contribution >= 0.6 is 11.3 Å². The van der Waals surface area contributed by atoms with Gasteiger partial charge < -0.3 is 4.90 Å². The van der Waals surface area contributed by atoms with Gasteiger partial charge in [0, 0.05) is 30.4 Å². The second-order valence-corrected chi connectivity index (χ2v) is 7.06. The Morgan fingerprint density at radius 2 is 2.14 bits per heavy atom. The van der Waals surface area contributed by atoms with Gasteiger partial charge in [-0.2, -0.15) is 18.3 Å². The number of halogens is 3. The number of imidazole rings is 1. The number of amides is 1. The van der Waals surface area contributed by atoms with Gasteiger partial charge >= 0.3 is 6.18 Å². The lowest BCUT2D eigenvalue weighted by Gasteiger charge is -2.15. The molecule has 1 N–H and O–H groups in total. The van der Waals surface area contributed by atoms with E-state index in [1.54, 1.807) is 41.4 Å². The van der Waals surface area contributed by atoms with Crippen LogP contribution in [0.2, 0.25) is 0 Å². The average Bonchev–Trinajstić information content (AvgIpc) is 3.37. The van der Waals surface area contributed by atoms with E-state index in [9.17, 15) is 18.0 Å². The fourth-order valence-electron chi connectivity index (χ4n) is 2.83. The Hall–Kier alpha value is -3.14. The normalized spacial score (nSPS) is 11.9. The number of hydrogen-bond acceptors (Lipinski definition) is 4. The molecule has 3 aromatic heterocycles. The summed E-state index contributed by atoms with van der Waals surface area (Å²) in [7, 11) is 1.66. The number of benzene rings is 1. The Morgan fingerprint density at radius 1 is 1.32 bits per heavy atom. The molecule has 0 bridgehead atoms. The SMILES string of the molecule is CN(Cc1ccn[nH]1)C(=O)c1csc2nc(-c3cccc(C(F)(F)F)c3)cn12. The van der Waals surface area contributed by atoms with Gasteiger partial charge in [0.05, 0.1) is 23.5 Å². The summed E-state index contributed by atoms with van der Waals surface area (Å²) in [5.74, 6) is -0.228. The average molecular weight is 405 g/mol. The number of carbonyl (C=O) groups is 1. The van der Waals surface area contributed by atoms with Gasteiger partial charge in [-0.3, -0.25) is 14.3 Å². The lowest BCUT2D eigenvalue weighted by molar-refractivity contribution is -0.137. The van der Waals surface area contributed by atoms with Crippen LogP contribution in [0.5, 0.6) is 0 Å². The Labute approximate surface area is 161 Å². The van der Waals surface area contributed by atoms with Crippen molar-refractivity contribution in [2.24, 2.45) is 0 Å². The third-order valence-electron chi connectivity index (χ3n) is 4.23. The molecule has 1 amide bonds. The summed E-state index contributed by atoms with van der Waals surface area (Å²) in [6.45, 7) is 0.353. The van der Waals surface area contributed by atoms with Crippen molar-refractivity contribution in [2.75, 3.05) is 7.05 Å². The number of nitrogens with zero attached hydrogens (tertiary/aromatic N) is 4. The molecular formula is C18H14F3N5OS. The van der Waals surface area contributed by atoms with Crippen LogP contribution < -0.4 is 0 Å². The number of alkyl halides is 3. The largest absolute Gasteiger partial charge is 0.416 e. The van der Waals surface area contributed by atoms with Gasteiger partial charge in [0.25, 0.3) is 5.91 Å². The maximum atomic E-state index is 13.0. The van der Waals surface area contributed by atoms with Crippen LogP contribution in [-0.2, 0) is 12.7 Å². The molecule has 0 aliphatic rings. The van der Waals surface area contributed by atoms with Crippen molar-refractivity contribution in [3.05, 3.63) is 65.1 Å². The van der Waals surface area contributed by atoms with Gasteiger partial charge in [-0.05, 0) is 18.2 Å². The number of carbonyl (C=O) groups excluding carboxylic acids is 1. The molecule has 0 aliphatic carbocycles. The smallest absolute Gasteiger partial charge is 0.335 e. The van der Waals surface area contributed by atoms with Crippen LogP contribution in [0.3, 0.4) is 0 Å². The van der Waals surface area contributed by atoms with Crippen molar-refractivity contribution in [3.63, 3.8) is 0 Å². The van der Waals surface area contributed by atoms with Gasteiger partial charge in [-0.25, -0.2) is 4.98 Å². The number of fused-ring (bicyclic) bond motifs is 1. The third-order valence-corrected chi connectivity index (χ3v) is 5.07. The predicted molar refractivity (Wildman–Crippen MR) is 97.9 cm³/mol. The van der Waals surface area contributed by atoms with Gasteiger partial charge in [0.2, 0.25) is 0 Å². The topological polar surface area (TPSA) is 66.3 Å². The summed E-state index contributed by atoms with van der Waals surface area (Å²) in [5.41, 5.74) is 1.17. The van der Waals surface area contributed by atoms with Gasteiger partial charge in [0.15, 0.2) is 4.96 Å². The van der Waals surface area contributed by atoms with Crippen molar-refractivity contribution in [1.82, 2.24) is 24.5 Å². The van der Waals surface area contributed by atoms with Crippen molar-refractivity contribution < 1.29 is 18.0 Å². The van der Waals surface area contributed by atoms with E-state index < -0.39 is 11.7 Å². The number of aromatic amines is 1. The molecule has 4 rings (SSSR count). The molecule has 4 aromatic rings. The molecule has 0 radical (unpaired) electrons. The first-order valence-electron chi connectivity index (χ1n) is 8.21. The molecule has 1 aromatic carbocycles. The third kappa shape index (κ3) is 3.38. The molecule has 0 aliphatic heterocycles. The van der Waals surface area contributed by atoms with Gasteiger partial charge in [-0.1, -0.05) is 12.1 Å². The van der Waals surface area contributed by atoms with E-state index in [-0.39, 0.29) is 5.91 Å². The first-order valence-corrected chi connectivity index (χ1v) is 9.09. The van der Waals surface area contributed by atoms with E-state index in [1.807, 2.05) is 0 Å². The minimum Gasteiger partial charge on any atom is -0.335 e. The highest BCUT2D eigenvalue weighted by molar-refractivity contribution is 7.15. The van der Waals surface area contributed by atoms with Crippen molar-refractivity contribution in [2.45, 2.75) is 12.7 Å². The Kier molecular flexibility index (Phi) is 4.42. The monoisotopic (exact) mass is 405 g/mol. The first kappa shape index (κ1) is 18.2. The number of H-pyrrole nitrogens is 1. The standard InChI is InChI=1S/C18H14F3N5OS/c1-25(8-13-5-6-22-24-13)16(27)15-10-28-17-23-14(9-26(15)17)11-3-2-4-12(7-11)18(19,20)21/h2-7,9-10H,8H2,1H3,(H,22,24). The molecule has 0 atom stereocenters. The minimum absolute atomic E-state index is 0.228. The van der Waals surface area contributed by atoms with Crippen LogP contribution in [0.15, 0.2) is 48.1 Å². The molecular weight excluding hydrogens is 391 g/mol. The van der Waals surface area contributed by atoms with Crippen molar-refractivity contribution >= 4 is 22.2 Å². The molecule has 28 heavy (non-hydrogen) atoms. The highest BCUT2D eigenvalue weighted by Crippen LogP contribution is 2.32. The first-order chi connectivity index (χ1) is 13.3. The molecule has 0 spiro atoms. The molecule has 10 heteroatoms. The lowest BCUT2D eigenvalue weighted by Crippen LogP contribution is -2.27. The van der Waals surface area contributed by atoms with E-state index in [0.29, 0.717) is 28.5 Å². The summed E-state index contributed by atoms with van der Waals surface area (Å²) in [6.07, 6.45) is -1.24. The van der Waals surface area contributed by atoms with Gasteiger partial charge in [-0.15, -0.1) is 11.3 Å². The highest BCUT2D eigenvalue weighted by atomic mass is 32.1. The molecule has 144 valence electrons. The van der Waals surface area contributed by atoms with Crippen LogP contribution in [-0.4, -0.2) is 37.4 Å². The molecule has 0 saturated carbocycles. The number of aromatic nitrogens is 4. The molecule has 3 heterocycles. The summed E-state index contributed by atoms with van der Waals surface area (Å²) in [6, 6.07) is 6.75. The summed E-state index contributed by atoms with van der Waals surface area (Å²) >= 11 is 1.25. The van der Waals surface area contributed by atoms with E-state index >= 15 is 0 Å². The zero-order chi connectivity index (χ0) is 19.9. The highest BCUT2D eigenvalue weighted by Gasteiger charge is 2.30. The van der Waals surface area contributed by atoms with E-state index in [4.69, 9.17) is 0 Å². The second-order valence-electron chi connectivity index (χ2n) is 6.22. The van der Waals surface area contributed by atoms with Crippen LogP contribution in [0, 0.1) is 0 Å². The lowest BCUT2D eigenvalue weighted by atomic mass is 10.1. The van der Waals surface area contributed by atoms with Crippen molar-refractivity contribution in [3.8, 4) is 11.3 Å². The van der Waals surface area contributed by atoms with E-state index in [2.05, 4.69) is 15.2 Å². The Bertz CT molecular complexity index is 1130. The van der Waals surface area contributed by atoms with Crippen LogP contribution in [0.1, 0.15) is 21.7 Å². The minimum atomic E-state index is -4.43. The van der Waals surface area contributed by atoms with Gasteiger partial charge in [0.1, 0.15) is 5.69 Å². The summed E-state index contributed by atoms with van der Waals surface area (Å²) in [5, 5.41) is 8.33. The number of rotatable bonds is 4. The quantitative estimate of drug-likeness (QED) is 0.557. The zero-order valence-corrected chi connectivity index (χ0v) is 15.4. The summed E-state index contributed by atoms with van der Waals surface area (Å²) < 4.78 is 40.5. The maximum Gasteiger partial charge on any atom is 0.416 e. The fraction of sp³-hybridized carbons (Fsp3) is 0.167.